The van der Waals surface area contributed by atoms with Crippen LogP contribution in [0.3, 0.4) is 0 Å². The predicted octanol–water partition coefficient (Wildman–Crippen LogP) is 1.54. The number of nitrogens with two attached hydrogens (primary N) is 1. The van der Waals surface area contributed by atoms with Crippen molar-refractivity contribution in [1.29, 1.82) is 0 Å². The second-order valence-electron chi connectivity index (χ2n) is 4.73. The first-order valence-corrected chi connectivity index (χ1v) is 6.82. The Morgan fingerprint density at radius 1 is 1.35 bits per heavy atom. The van der Waals surface area contributed by atoms with E-state index >= 15 is 0 Å². The topological polar surface area (TPSA) is 95.2 Å². The normalized spacial score (nSPS) is 12.1. The summed E-state index contributed by atoms with van der Waals surface area (Å²) < 4.78 is 14.9. The highest BCUT2D eigenvalue weighted by atomic mass is 127. The van der Waals surface area contributed by atoms with Gasteiger partial charge in [0.15, 0.2) is 5.96 Å². The second kappa shape index (κ2) is 11.1. The molecule has 1 aromatic rings. The summed E-state index contributed by atoms with van der Waals surface area (Å²) in [5, 5.41) is 3.02. The van der Waals surface area contributed by atoms with Gasteiger partial charge in [-0.25, -0.2) is 9.79 Å². The molecule has 0 saturated carbocycles. The molecule has 0 amide bonds. The van der Waals surface area contributed by atoms with Crippen molar-refractivity contribution in [3.8, 4) is 5.75 Å². The summed E-state index contributed by atoms with van der Waals surface area (Å²) in [6.45, 7) is 2.86. The number of carbonyl (C=O) groups is 1. The minimum absolute atomic E-state index is 0. The minimum atomic E-state index is -0.443. The zero-order valence-electron chi connectivity index (χ0n) is 13.8. The largest absolute Gasteiger partial charge is 0.496 e. The number of nitrogens with one attached hydrogen (secondary N) is 1. The van der Waals surface area contributed by atoms with Crippen molar-refractivity contribution in [3.05, 3.63) is 29.3 Å². The third-order valence-corrected chi connectivity index (χ3v) is 2.91. The lowest BCUT2D eigenvalue weighted by Crippen LogP contribution is -2.40. The maximum Gasteiger partial charge on any atom is 0.341 e. The molecule has 1 aromatic carbocycles. The highest BCUT2D eigenvalue weighted by Gasteiger charge is 2.12. The van der Waals surface area contributed by atoms with Gasteiger partial charge in [-0.05, 0) is 24.6 Å². The molecule has 23 heavy (non-hydrogen) atoms. The van der Waals surface area contributed by atoms with Crippen molar-refractivity contribution in [2.24, 2.45) is 10.7 Å². The minimum Gasteiger partial charge on any atom is -0.496 e. The Kier molecular flexibility index (Phi) is 10.3. The lowest BCUT2D eigenvalue weighted by molar-refractivity contribution is 0.0597. The molecule has 0 radical (unpaired) electrons. The number of nitrogens with zero attached hydrogens (tertiary/aromatic N) is 1. The predicted molar refractivity (Wildman–Crippen MR) is 99.5 cm³/mol. The van der Waals surface area contributed by atoms with Gasteiger partial charge in [0.1, 0.15) is 11.3 Å². The molecule has 0 heterocycles. The van der Waals surface area contributed by atoms with E-state index in [2.05, 4.69) is 10.3 Å². The van der Waals surface area contributed by atoms with Gasteiger partial charge in [0, 0.05) is 13.2 Å². The van der Waals surface area contributed by atoms with Gasteiger partial charge in [-0.3, -0.25) is 0 Å². The molecule has 7 nitrogen and oxygen atoms in total. The summed E-state index contributed by atoms with van der Waals surface area (Å²) in [5.74, 6) is 0.334. The second-order valence-corrected chi connectivity index (χ2v) is 4.73. The molecule has 1 atom stereocenters. The highest BCUT2D eigenvalue weighted by Crippen LogP contribution is 2.21. The number of benzene rings is 1. The van der Waals surface area contributed by atoms with Gasteiger partial charge < -0.3 is 25.3 Å². The van der Waals surface area contributed by atoms with Crippen LogP contribution < -0.4 is 15.8 Å². The van der Waals surface area contributed by atoms with Gasteiger partial charge in [-0.1, -0.05) is 6.07 Å². The number of guanidine groups is 1. The molecule has 0 spiro atoms. The van der Waals surface area contributed by atoms with Crippen LogP contribution in [0.4, 0.5) is 0 Å². The fourth-order valence-electron chi connectivity index (χ4n) is 1.88. The van der Waals surface area contributed by atoms with Crippen molar-refractivity contribution >= 4 is 35.9 Å². The SMILES string of the molecule is COCC(C)NC(N)=NCc1ccc(C(=O)OC)c(OC)c1.I. The van der Waals surface area contributed by atoms with Crippen LogP contribution in [0.15, 0.2) is 23.2 Å². The first-order valence-electron chi connectivity index (χ1n) is 6.82. The highest BCUT2D eigenvalue weighted by molar-refractivity contribution is 14.0. The van der Waals surface area contributed by atoms with Crippen molar-refractivity contribution in [3.63, 3.8) is 0 Å². The van der Waals surface area contributed by atoms with E-state index in [0.29, 0.717) is 30.4 Å². The Bertz CT molecular complexity index is 537. The summed E-state index contributed by atoms with van der Waals surface area (Å²) in [7, 11) is 4.45. The number of ether oxygens (including phenoxy) is 3. The standard InChI is InChI=1S/C15H23N3O4.HI/c1-10(9-20-2)18-15(16)17-8-11-5-6-12(14(19)22-4)13(7-11)21-3;/h5-7,10H,8-9H2,1-4H3,(H3,16,17,18);1H. The first kappa shape index (κ1) is 21.4. The number of hydrogen-bond acceptors (Lipinski definition) is 5. The zero-order chi connectivity index (χ0) is 16.5. The van der Waals surface area contributed by atoms with E-state index in [4.69, 9.17) is 19.9 Å². The summed E-state index contributed by atoms with van der Waals surface area (Å²) >= 11 is 0. The fourth-order valence-corrected chi connectivity index (χ4v) is 1.88. The Hall–Kier alpha value is -1.55. The van der Waals surface area contributed by atoms with Gasteiger partial charge in [-0.15, -0.1) is 24.0 Å². The van der Waals surface area contributed by atoms with Gasteiger partial charge in [-0.2, -0.15) is 0 Å². The average molecular weight is 437 g/mol. The number of rotatable bonds is 7. The lowest BCUT2D eigenvalue weighted by Gasteiger charge is -2.13. The van der Waals surface area contributed by atoms with Crippen LogP contribution in [0.2, 0.25) is 0 Å². The van der Waals surface area contributed by atoms with Crippen LogP contribution in [0.5, 0.6) is 5.75 Å². The zero-order valence-corrected chi connectivity index (χ0v) is 16.1. The summed E-state index contributed by atoms with van der Waals surface area (Å²) in [6.07, 6.45) is 0. The molecule has 0 bridgehead atoms. The molecule has 0 aliphatic heterocycles. The van der Waals surface area contributed by atoms with Gasteiger partial charge >= 0.3 is 5.97 Å². The lowest BCUT2D eigenvalue weighted by atomic mass is 10.1. The Balaban J connectivity index is 0.00000484. The molecule has 0 fully saturated rings. The first-order chi connectivity index (χ1) is 10.5. The van der Waals surface area contributed by atoms with Crippen LogP contribution in [0.1, 0.15) is 22.8 Å². The summed E-state index contributed by atoms with van der Waals surface area (Å²) in [4.78, 5) is 15.8. The molecule has 8 heteroatoms. The molecule has 3 N–H and O–H groups in total. The molecule has 130 valence electrons. The van der Waals surface area contributed by atoms with Gasteiger partial charge in [0.05, 0.1) is 27.4 Å². The number of hydrogen-bond donors (Lipinski definition) is 2. The number of methoxy groups -OCH3 is 3. The molecular weight excluding hydrogens is 413 g/mol. The Morgan fingerprint density at radius 2 is 2.04 bits per heavy atom. The van der Waals surface area contributed by atoms with Crippen molar-refractivity contribution in [1.82, 2.24) is 5.32 Å². The van der Waals surface area contributed by atoms with E-state index in [0.717, 1.165) is 5.56 Å². The summed E-state index contributed by atoms with van der Waals surface area (Å²) in [5.41, 5.74) is 7.04. The monoisotopic (exact) mass is 437 g/mol. The van der Waals surface area contributed by atoms with E-state index in [9.17, 15) is 4.79 Å². The molecule has 0 aromatic heterocycles. The van der Waals surface area contributed by atoms with Crippen LogP contribution in [-0.4, -0.2) is 45.9 Å². The fraction of sp³-hybridized carbons (Fsp3) is 0.467. The van der Waals surface area contributed by atoms with E-state index in [1.165, 1.54) is 14.2 Å². The molecule has 1 rings (SSSR count). The van der Waals surface area contributed by atoms with Crippen LogP contribution >= 0.6 is 24.0 Å². The maximum absolute atomic E-state index is 11.6. The van der Waals surface area contributed by atoms with E-state index in [-0.39, 0.29) is 30.0 Å². The van der Waals surface area contributed by atoms with Crippen molar-refractivity contribution < 1.29 is 19.0 Å². The van der Waals surface area contributed by atoms with Gasteiger partial charge in [0.25, 0.3) is 0 Å². The van der Waals surface area contributed by atoms with Crippen molar-refractivity contribution in [2.45, 2.75) is 19.5 Å². The van der Waals surface area contributed by atoms with Crippen LogP contribution in [-0.2, 0) is 16.0 Å². The number of halogens is 1. The molecule has 0 aliphatic carbocycles. The number of aliphatic imine (C=N–C) groups is 1. The molecule has 1 unspecified atom stereocenters. The Labute approximate surface area is 153 Å². The molecular formula is C15H24IN3O4. The summed E-state index contributed by atoms with van der Waals surface area (Å²) in [6, 6.07) is 5.24. The third-order valence-electron chi connectivity index (χ3n) is 2.91. The average Bonchev–Trinajstić information content (AvgIpc) is 2.52. The quantitative estimate of drug-likeness (QED) is 0.291. The molecule has 0 saturated heterocycles. The van der Waals surface area contributed by atoms with Gasteiger partial charge in [0.2, 0.25) is 0 Å². The smallest absolute Gasteiger partial charge is 0.341 e. The number of esters is 1. The maximum atomic E-state index is 11.6. The van der Waals surface area contributed by atoms with Crippen molar-refractivity contribution in [2.75, 3.05) is 27.9 Å². The Morgan fingerprint density at radius 3 is 2.61 bits per heavy atom. The van der Waals surface area contributed by atoms with Crippen LogP contribution in [0.25, 0.3) is 0 Å². The third kappa shape index (κ3) is 7.04. The van der Waals surface area contributed by atoms with E-state index < -0.39 is 5.97 Å². The molecule has 0 aliphatic rings. The van der Waals surface area contributed by atoms with E-state index in [1.54, 1.807) is 25.3 Å². The van der Waals surface area contributed by atoms with Crippen LogP contribution in [0, 0.1) is 0 Å². The van der Waals surface area contributed by atoms with E-state index in [1.807, 2.05) is 6.92 Å². The number of carbonyl (C=O) groups excluding carboxylic acids is 1.